The molecule has 158 valence electrons. The maximum Gasteiger partial charge on any atom is 0.223 e. The molecule has 0 aliphatic carbocycles. The van der Waals surface area contributed by atoms with Crippen molar-refractivity contribution < 1.29 is 22.7 Å². The van der Waals surface area contributed by atoms with Gasteiger partial charge in [0.2, 0.25) is 5.91 Å². The molecule has 2 atom stereocenters. The number of piperidine rings is 1. The van der Waals surface area contributed by atoms with Gasteiger partial charge in [-0.05, 0) is 38.3 Å². The van der Waals surface area contributed by atoms with Gasteiger partial charge in [-0.1, -0.05) is 0 Å². The van der Waals surface area contributed by atoms with E-state index >= 15 is 0 Å². The van der Waals surface area contributed by atoms with Crippen molar-refractivity contribution in [2.45, 2.75) is 56.0 Å². The Morgan fingerprint density at radius 2 is 1.93 bits per heavy atom. The number of amides is 1. The molecule has 0 aromatic heterocycles. The molecule has 3 rings (SSSR count). The molecule has 2 aliphatic rings. The van der Waals surface area contributed by atoms with Crippen LogP contribution in [0.15, 0.2) is 23.1 Å². The van der Waals surface area contributed by atoms with Crippen LogP contribution in [0.1, 0.15) is 39.0 Å². The van der Waals surface area contributed by atoms with Crippen LogP contribution in [0.3, 0.4) is 0 Å². The van der Waals surface area contributed by atoms with Crippen molar-refractivity contribution in [3.05, 3.63) is 18.2 Å². The maximum absolute atomic E-state index is 12.7. The highest BCUT2D eigenvalue weighted by molar-refractivity contribution is 7.91. The molecule has 2 N–H and O–H groups in total. The second-order valence-corrected chi connectivity index (χ2v) is 9.35. The van der Waals surface area contributed by atoms with Crippen molar-refractivity contribution in [2.24, 2.45) is 5.73 Å². The molecule has 0 bridgehead atoms. The average molecular weight is 433 g/mol. The highest BCUT2D eigenvalue weighted by atomic mass is 35.5. The Balaban J connectivity index is 0.00000280. The zero-order chi connectivity index (χ0) is 19.4. The van der Waals surface area contributed by atoms with Crippen molar-refractivity contribution in [3.8, 4) is 11.5 Å². The van der Waals surface area contributed by atoms with Gasteiger partial charge in [-0.2, -0.15) is 0 Å². The van der Waals surface area contributed by atoms with E-state index in [0.29, 0.717) is 31.3 Å². The number of nitrogens with two attached hydrogens (primary N) is 1. The normalized spacial score (nSPS) is 20.6. The Labute approximate surface area is 172 Å². The third-order valence-electron chi connectivity index (χ3n) is 5.14. The summed E-state index contributed by atoms with van der Waals surface area (Å²) in [4.78, 5) is 14.5. The molecule has 2 unspecified atom stereocenters. The van der Waals surface area contributed by atoms with Crippen LogP contribution in [0.4, 0.5) is 0 Å². The first-order valence-electron chi connectivity index (χ1n) is 9.56. The van der Waals surface area contributed by atoms with Gasteiger partial charge in [-0.15, -0.1) is 12.4 Å². The lowest BCUT2D eigenvalue weighted by molar-refractivity contribution is -0.134. The largest absolute Gasteiger partial charge is 0.490 e. The molecule has 1 aromatic carbocycles. The quantitative estimate of drug-likeness (QED) is 0.765. The van der Waals surface area contributed by atoms with Crippen LogP contribution in [0, 0.1) is 0 Å². The lowest BCUT2D eigenvalue weighted by Crippen LogP contribution is -2.51. The fourth-order valence-electron chi connectivity index (χ4n) is 3.63. The highest BCUT2D eigenvalue weighted by Crippen LogP contribution is 2.32. The van der Waals surface area contributed by atoms with Crippen LogP contribution in [0.5, 0.6) is 11.5 Å². The monoisotopic (exact) mass is 432 g/mol. The topological polar surface area (TPSA) is 98.9 Å². The molecule has 0 spiro atoms. The van der Waals surface area contributed by atoms with E-state index in [0.717, 1.165) is 25.7 Å². The minimum Gasteiger partial charge on any atom is -0.490 e. The number of rotatable bonds is 5. The summed E-state index contributed by atoms with van der Waals surface area (Å²) in [5.74, 6) is 0.617. The number of nitrogens with zero attached hydrogens (tertiary/aromatic N) is 1. The van der Waals surface area contributed by atoms with Crippen molar-refractivity contribution in [1.29, 1.82) is 0 Å². The number of benzene rings is 1. The number of ether oxygens (including phenoxy) is 2. The second kappa shape index (κ2) is 9.80. The Morgan fingerprint density at radius 1 is 1.21 bits per heavy atom. The van der Waals surface area contributed by atoms with E-state index in [1.807, 2.05) is 6.92 Å². The number of halogens is 1. The van der Waals surface area contributed by atoms with Crippen LogP contribution in [0.2, 0.25) is 0 Å². The number of carbonyl (C=O) groups is 1. The van der Waals surface area contributed by atoms with Gasteiger partial charge < -0.3 is 20.1 Å². The molecule has 1 fully saturated rings. The van der Waals surface area contributed by atoms with Crippen LogP contribution in [-0.2, 0) is 14.6 Å². The molecule has 0 saturated carbocycles. The molecule has 1 amide bonds. The molecular weight excluding hydrogens is 404 g/mol. The Hall–Kier alpha value is -1.51. The Morgan fingerprint density at radius 3 is 2.64 bits per heavy atom. The van der Waals surface area contributed by atoms with E-state index in [2.05, 4.69) is 0 Å². The minimum atomic E-state index is -3.59. The third-order valence-corrected chi connectivity index (χ3v) is 6.85. The average Bonchev–Trinajstić information content (AvgIpc) is 2.91. The molecule has 1 aromatic rings. The first-order valence-corrected chi connectivity index (χ1v) is 11.2. The van der Waals surface area contributed by atoms with Gasteiger partial charge in [-0.25, -0.2) is 8.42 Å². The van der Waals surface area contributed by atoms with Crippen molar-refractivity contribution in [2.75, 3.05) is 25.5 Å². The number of hydrogen-bond donors (Lipinski definition) is 1. The van der Waals surface area contributed by atoms with Gasteiger partial charge in [-0.3, -0.25) is 4.79 Å². The van der Waals surface area contributed by atoms with E-state index < -0.39 is 9.84 Å². The molecule has 2 aliphatic heterocycles. The molecule has 1 saturated heterocycles. The molecular formula is C19H29ClN2O5S. The van der Waals surface area contributed by atoms with Gasteiger partial charge in [0.15, 0.2) is 21.3 Å². The van der Waals surface area contributed by atoms with E-state index in [-0.39, 0.29) is 47.5 Å². The van der Waals surface area contributed by atoms with Gasteiger partial charge in [0, 0.05) is 37.5 Å². The number of fused-ring (bicyclic) bond motifs is 1. The predicted octanol–water partition coefficient (Wildman–Crippen LogP) is 2.16. The smallest absolute Gasteiger partial charge is 0.223 e. The maximum atomic E-state index is 12.7. The third kappa shape index (κ3) is 5.30. The van der Waals surface area contributed by atoms with Crippen LogP contribution in [0.25, 0.3) is 0 Å². The lowest BCUT2D eigenvalue weighted by atomic mass is 9.96. The number of sulfone groups is 1. The van der Waals surface area contributed by atoms with E-state index in [4.69, 9.17) is 15.2 Å². The summed E-state index contributed by atoms with van der Waals surface area (Å²) < 4.78 is 36.5. The summed E-state index contributed by atoms with van der Waals surface area (Å²) in [6, 6.07) is 4.50. The Bertz CT molecular complexity index is 785. The molecule has 7 nitrogen and oxygen atoms in total. The number of likely N-dealkylation sites (tertiary alicyclic amines) is 1. The van der Waals surface area contributed by atoms with E-state index in [1.165, 1.54) is 12.1 Å². The van der Waals surface area contributed by atoms with Crippen molar-refractivity contribution in [3.63, 3.8) is 0 Å². The summed E-state index contributed by atoms with van der Waals surface area (Å²) >= 11 is 0. The van der Waals surface area contributed by atoms with Crippen molar-refractivity contribution in [1.82, 2.24) is 4.90 Å². The van der Waals surface area contributed by atoms with Gasteiger partial charge in [0.25, 0.3) is 0 Å². The SMILES string of the molecule is CC(N)C1CCCCN1C(=O)CCS(=O)(=O)c1ccc2c(c1)OCCCO2.Cl. The fourth-order valence-corrected chi connectivity index (χ4v) is 4.87. The summed E-state index contributed by atoms with van der Waals surface area (Å²) in [5, 5.41) is 0. The number of hydrogen-bond acceptors (Lipinski definition) is 6. The highest BCUT2D eigenvalue weighted by Gasteiger charge is 2.30. The predicted molar refractivity (Wildman–Crippen MR) is 109 cm³/mol. The Kier molecular flexibility index (Phi) is 7.97. The van der Waals surface area contributed by atoms with E-state index in [1.54, 1.807) is 11.0 Å². The first-order chi connectivity index (χ1) is 12.9. The van der Waals surface area contributed by atoms with Gasteiger partial charge >= 0.3 is 0 Å². The molecule has 9 heteroatoms. The molecule has 2 heterocycles. The first kappa shape index (κ1) is 22.8. The van der Waals surface area contributed by atoms with Crippen LogP contribution < -0.4 is 15.2 Å². The summed E-state index contributed by atoms with van der Waals surface area (Å²) in [7, 11) is -3.59. The summed E-state index contributed by atoms with van der Waals surface area (Å²) in [5.41, 5.74) is 6.01. The summed E-state index contributed by atoms with van der Waals surface area (Å²) in [6.07, 6.45) is 3.56. The fraction of sp³-hybridized carbons (Fsp3) is 0.632. The molecule has 28 heavy (non-hydrogen) atoms. The van der Waals surface area contributed by atoms with Gasteiger partial charge in [0.05, 0.1) is 23.9 Å². The zero-order valence-electron chi connectivity index (χ0n) is 16.1. The summed E-state index contributed by atoms with van der Waals surface area (Å²) in [6.45, 7) is 3.58. The minimum absolute atomic E-state index is 0. The molecule has 0 radical (unpaired) electrons. The number of carbonyl (C=O) groups excluding carboxylic acids is 1. The zero-order valence-corrected chi connectivity index (χ0v) is 17.8. The standard InChI is InChI=1S/C19H28N2O5S.ClH/c1-14(20)16-5-2-3-9-21(16)19(22)8-12-27(23,24)15-6-7-17-18(13-15)26-11-4-10-25-17;/h6-7,13-14,16H,2-5,8-12,20H2,1H3;1H. The second-order valence-electron chi connectivity index (χ2n) is 7.24. The van der Waals surface area contributed by atoms with Crippen LogP contribution in [-0.4, -0.2) is 56.8 Å². The van der Waals surface area contributed by atoms with Crippen LogP contribution >= 0.6 is 12.4 Å². The lowest BCUT2D eigenvalue weighted by Gasteiger charge is -2.38. The van der Waals surface area contributed by atoms with E-state index in [9.17, 15) is 13.2 Å². The van der Waals surface area contributed by atoms with Crippen molar-refractivity contribution >= 4 is 28.2 Å². The van der Waals surface area contributed by atoms with Gasteiger partial charge in [0.1, 0.15) is 0 Å².